The van der Waals surface area contributed by atoms with Gasteiger partial charge in [0.15, 0.2) is 17.5 Å². The lowest BCUT2D eigenvalue weighted by molar-refractivity contribution is -0.136. The number of aliphatic carboxylic acids is 1. The van der Waals surface area contributed by atoms with Gasteiger partial charge < -0.3 is 10.0 Å². The van der Waals surface area contributed by atoms with E-state index in [4.69, 9.17) is 5.11 Å². The third-order valence-electron chi connectivity index (χ3n) is 2.72. The zero-order valence-electron chi connectivity index (χ0n) is 11.2. The molecule has 0 bridgehead atoms. The lowest BCUT2D eigenvalue weighted by atomic mass is 10.1. The number of hydrogen-bond acceptors (Lipinski definition) is 4. The monoisotopic (exact) mass is 275 g/mol. The molecule has 1 aromatic heterocycles. The fourth-order valence-corrected chi connectivity index (χ4v) is 1.76. The van der Waals surface area contributed by atoms with E-state index in [0.717, 1.165) is 6.20 Å². The maximum Gasteiger partial charge on any atom is 0.307 e. The number of hydrogen-bond donors (Lipinski definition) is 1. The highest BCUT2D eigenvalue weighted by Gasteiger charge is 2.10. The molecule has 1 aromatic carbocycles. The van der Waals surface area contributed by atoms with Gasteiger partial charge in [-0.25, -0.2) is 14.4 Å². The maximum absolute atomic E-state index is 13.5. The molecule has 0 fully saturated rings. The van der Waals surface area contributed by atoms with Gasteiger partial charge in [0.1, 0.15) is 0 Å². The molecule has 0 saturated carbocycles. The van der Waals surface area contributed by atoms with Crippen molar-refractivity contribution in [3.05, 3.63) is 41.8 Å². The fourth-order valence-electron chi connectivity index (χ4n) is 1.76. The highest BCUT2D eigenvalue weighted by molar-refractivity contribution is 5.70. The smallest absolute Gasteiger partial charge is 0.307 e. The largest absolute Gasteiger partial charge is 0.481 e. The Kier molecular flexibility index (Phi) is 3.93. The van der Waals surface area contributed by atoms with Crippen LogP contribution < -0.4 is 4.90 Å². The summed E-state index contributed by atoms with van der Waals surface area (Å²) in [4.78, 5) is 20.3. The van der Waals surface area contributed by atoms with Crippen molar-refractivity contribution in [2.45, 2.75) is 6.42 Å². The van der Waals surface area contributed by atoms with Crippen LogP contribution >= 0.6 is 0 Å². The molecule has 0 unspecified atom stereocenters. The Morgan fingerprint density at radius 2 is 1.95 bits per heavy atom. The second-order valence-corrected chi connectivity index (χ2v) is 4.53. The Morgan fingerprint density at radius 1 is 1.30 bits per heavy atom. The number of rotatable bonds is 4. The highest BCUT2D eigenvalue weighted by Crippen LogP contribution is 2.20. The van der Waals surface area contributed by atoms with Crippen molar-refractivity contribution in [1.82, 2.24) is 9.97 Å². The van der Waals surface area contributed by atoms with Crippen molar-refractivity contribution in [2.24, 2.45) is 0 Å². The predicted octanol–water partition coefficient (Wildman–Crippen LogP) is 1.98. The van der Waals surface area contributed by atoms with Gasteiger partial charge in [0.25, 0.3) is 0 Å². The van der Waals surface area contributed by atoms with Crippen LogP contribution in [0, 0.1) is 5.82 Å². The zero-order valence-corrected chi connectivity index (χ0v) is 11.2. The molecule has 0 radical (unpaired) electrons. The van der Waals surface area contributed by atoms with Crippen LogP contribution in [0.2, 0.25) is 0 Å². The molecule has 20 heavy (non-hydrogen) atoms. The third-order valence-corrected chi connectivity index (χ3v) is 2.72. The van der Waals surface area contributed by atoms with E-state index < -0.39 is 11.8 Å². The quantitative estimate of drug-likeness (QED) is 0.924. The van der Waals surface area contributed by atoms with E-state index in [1.54, 1.807) is 43.3 Å². The molecule has 2 aromatic rings. The van der Waals surface area contributed by atoms with Gasteiger partial charge in [0.05, 0.1) is 12.6 Å². The zero-order chi connectivity index (χ0) is 14.7. The van der Waals surface area contributed by atoms with Gasteiger partial charge in [-0.3, -0.25) is 4.79 Å². The van der Waals surface area contributed by atoms with Crippen molar-refractivity contribution >= 4 is 11.8 Å². The first-order valence-corrected chi connectivity index (χ1v) is 5.98. The molecule has 0 spiro atoms. The van der Waals surface area contributed by atoms with Crippen LogP contribution in [0.3, 0.4) is 0 Å². The average molecular weight is 275 g/mol. The molecule has 0 aliphatic heterocycles. The van der Waals surface area contributed by atoms with Crippen LogP contribution in [0.25, 0.3) is 11.4 Å². The van der Waals surface area contributed by atoms with E-state index in [1.165, 1.54) is 0 Å². The van der Waals surface area contributed by atoms with Gasteiger partial charge >= 0.3 is 5.97 Å². The van der Waals surface area contributed by atoms with E-state index in [2.05, 4.69) is 9.97 Å². The number of benzene rings is 1. The molecule has 0 atom stereocenters. The summed E-state index contributed by atoms with van der Waals surface area (Å²) in [5.74, 6) is -0.756. The molecule has 0 aliphatic carbocycles. The second-order valence-electron chi connectivity index (χ2n) is 4.53. The van der Waals surface area contributed by atoms with E-state index in [-0.39, 0.29) is 12.2 Å². The van der Waals surface area contributed by atoms with Crippen LogP contribution in [-0.4, -0.2) is 35.1 Å². The van der Waals surface area contributed by atoms with Crippen molar-refractivity contribution in [3.8, 4) is 11.4 Å². The molecular formula is C14H14FN3O2. The minimum atomic E-state index is -0.884. The van der Waals surface area contributed by atoms with Crippen LogP contribution in [0.1, 0.15) is 5.56 Å². The molecule has 0 saturated heterocycles. The Bertz CT molecular complexity index is 627. The lowest BCUT2D eigenvalue weighted by Gasteiger charge is -2.12. The molecular weight excluding hydrogens is 261 g/mol. The molecule has 5 nitrogen and oxygen atoms in total. The van der Waals surface area contributed by atoms with E-state index in [0.29, 0.717) is 17.0 Å². The first-order valence-electron chi connectivity index (χ1n) is 5.98. The Hall–Kier alpha value is -2.50. The fraction of sp³-hybridized carbons (Fsp3) is 0.214. The molecule has 6 heteroatoms. The van der Waals surface area contributed by atoms with E-state index >= 15 is 0 Å². The second kappa shape index (κ2) is 5.64. The van der Waals surface area contributed by atoms with Gasteiger partial charge in [-0.05, 0) is 5.56 Å². The summed E-state index contributed by atoms with van der Waals surface area (Å²) >= 11 is 0. The van der Waals surface area contributed by atoms with Crippen molar-refractivity contribution in [3.63, 3.8) is 0 Å². The molecule has 1 N–H and O–H groups in total. The number of anilines is 1. The number of carboxylic acids is 1. The van der Waals surface area contributed by atoms with Crippen molar-refractivity contribution < 1.29 is 14.3 Å². The summed E-state index contributed by atoms with van der Waals surface area (Å²) in [5.41, 5.74) is 1.40. The number of halogens is 1. The van der Waals surface area contributed by atoms with Gasteiger partial charge in [0.2, 0.25) is 0 Å². The first kappa shape index (κ1) is 13.9. The summed E-state index contributed by atoms with van der Waals surface area (Å²) in [5, 5.41) is 8.71. The van der Waals surface area contributed by atoms with E-state index in [9.17, 15) is 9.18 Å². The number of carbonyl (C=O) groups is 1. The minimum absolute atomic E-state index is 0.0342. The topological polar surface area (TPSA) is 66.3 Å². The number of aromatic nitrogens is 2. The summed E-state index contributed by atoms with van der Waals surface area (Å²) in [6.45, 7) is 0. The van der Waals surface area contributed by atoms with Crippen LogP contribution in [0.5, 0.6) is 0 Å². The van der Waals surface area contributed by atoms with Crippen LogP contribution in [0.4, 0.5) is 10.2 Å². The minimum Gasteiger partial charge on any atom is -0.481 e. The van der Waals surface area contributed by atoms with Gasteiger partial charge in [0, 0.05) is 19.7 Å². The van der Waals surface area contributed by atoms with Gasteiger partial charge in [-0.2, -0.15) is 0 Å². The molecule has 104 valence electrons. The average Bonchev–Trinajstić information content (AvgIpc) is 2.39. The summed E-state index contributed by atoms with van der Waals surface area (Å²) in [6, 6.07) is 6.85. The van der Waals surface area contributed by atoms with Crippen LogP contribution in [0.15, 0.2) is 30.5 Å². The Balaban J connectivity index is 2.32. The van der Waals surface area contributed by atoms with Gasteiger partial charge in [-0.1, -0.05) is 24.3 Å². The van der Waals surface area contributed by atoms with Gasteiger partial charge in [-0.15, -0.1) is 0 Å². The molecule has 1 heterocycles. The third kappa shape index (κ3) is 3.09. The van der Waals surface area contributed by atoms with Crippen molar-refractivity contribution in [2.75, 3.05) is 19.0 Å². The van der Waals surface area contributed by atoms with E-state index in [1.807, 2.05) is 0 Å². The van der Waals surface area contributed by atoms with Crippen molar-refractivity contribution in [1.29, 1.82) is 0 Å². The molecule has 2 rings (SSSR count). The maximum atomic E-state index is 13.5. The highest BCUT2D eigenvalue weighted by atomic mass is 19.1. The predicted molar refractivity (Wildman–Crippen MR) is 73.1 cm³/mol. The first-order chi connectivity index (χ1) is 9.47. The lowest BCUT2D eigenvalue weighted by Crippen LogP contribution is -2.13. The summed E-state index contributed by atoms with van der Waals surface area (Å²) < 4.78 is 13.5. The molecule has 0 amide bonds. The Morgan fingerprint density at radius 3 is 2.50 bits per heavy atom. The summed E-state index contributed by atoms with van der Waals surface area (Å²) in [6.07, 6.45) is 1.09. The standard InChI is InChI=1S/C14H14FN3O2/c1-18(2)14-11(15)8-16-13(17-14)10-5-3-9(4-6-10)7-12(19)20/h3-6,8H,7H2,1-2H3,(H,19,20). The SMILES string of the molecule is CN(C)c1nc(-c2ccc(CC(=O)O)cc2)ncc1F. The Labute approximate surface area is 115 Å². The number of carboxylic acid groups (broad SMARTS) is 1. The summed E-state index contributed by atoms with van der Waals surface area (Å²) in [7, 11) is 3.40. The van der Waals surface area contributed by atoms with Crippen LogP contribution in [-0.2, 0) is 11.2 Å². The number of nitrogens with zero attached hydrogens (tertiary/aromatic N) is 3. The normalized spacial score (nSPS) is 10.3. The molecule has 0 aliphatic rings.